The summed E-state index contributed by atoms with van der Waals surface area (Å²) >= 11 is 0. The molecule has 0 aliphatic carbocycles. The van der Waals surface area contributed by atoms with Crippen molar-refractivity contribution in [3.8, 4) is 0 Å². The Bertz CT molecular complexity index is 15.5. The van der Waals surface area contributed by atoms with Crippen LogP contribution in [0.2, 0.25) is 0 Å². The van der Waals surface area contributed by atoms with Crippen molar-refractivity contribution in [3.63, 3.8) is 0 Å². The second-order valence-corrected chi connectivity index (χ2v) is 0.346. The van der Waals surface area contributed by atoms with E-state index in [-0.39, 0.29) is 62.8 Å². The number of hydrogen-bond acceptors (Lipinski definition) is 3. The Morgan fingerprint density at radius 1 is 1.00 bits per heavy atom. The van der Waals surface area contributed by atoms with E-state index in [1.165, 1.54) is 0 Å². The average molecular weight is 181 g/mol. The zero-order valence-corrected chi connectivity index (χ0v) is 1.92. The van der Waals surface area contributed by atoms with Crippen LogP contribution in [0.3, 0.4) is 0 Å². The number of rotatable bonds is 0. The summed E-state index contributed by atoms with van der Waals surface area (Å²) in [6.45, 7) is 0. The first kappa shape index (κ1) is 15.7. The molecule has 0 aliphatic heterocycles. The molecule has 0 amide bonds. The van der Waals surface area contributed by atoms with Crippen molar-refractivity contribution in [2.24, 2.45) is 0 Å². The standard InChI is InChI=1S/Al.BH3O3.Sr.5H/c;2-1(3)4;;;;;;/h;2-4H;;;;;;. The van der Waals surface area contributed by atoms with Gasteiger partial charge in [-0.05, 0) is 0 Å². The molecule has 0 fully saturated rings. The molecule has 0 aromatic carbocycles. The summed E-state index contributed by atoms with van der Waals surface area (Å²) in [5.41, 5.74) is 0. The van der Waals surface area contributed by atoms with Crippen molar-refractivity contribution >= 4 is 70.2 Å². The fourth-order valence-corrected chi connectivity index (χ4v) is 0. The second kappa shape index (κ2) is 10.0. The van der Waals surface area contributed by atoms with E-state index in [0.717, 1.165) is 0 Å². The summed E-state index contributed by atoms with van der Waals surface area (Å²) in [6, 6.07) is 0. The van der Waals surface area contributed by atoms with Gasteiger partial charge in [0.25, 0.3) is 0 Å². The molecule has 6 heteroatoms. The van der Waals surface area contributed by atoms with Gasteiger partial charge in [-0.3, -0.25) is 0 Å². The first-order valence-corrected chi connectivity index (χ1v) is 0.775. The van der Waals surface area contributed by atoms with Crippen LogP contribution in [-0.2, 0) is 0 Å². The van der Waals surface area contributed by atoms with Crippen molar-refractivity contribution in [3.05, 3.63) is 0 Å². The molecule has 34 valence electrons. The molecular formula is H8AlBO3Sr. The van der Waals surface area contributed by atoms with Gasteiger partial charge in [0.05, 0.1) is 0 Å². The van der Waals surface area contributed by atoms with Gasteiger partial charge >= 0.3 is 52.8 Å². The van der Waals surface area contributed by atoms with Crippen LogP contribution in [0.25, 0.3) is 0 Å². The van der Waals surface area contributed by atoms with Crippen molar-refractivity contribution in [1.29, 1.82) is 0 Å². The van der Waals surface area contributed by atoms with Crippen molar-refractivity contribution in [2.75, 3.05) is 0 Å². The van der Waals surface area contributed by atoms with Gasteiger partial charge in [0.15, 0.2) is 17.4 Å². The molecule has 0 atom stereocenters. The van der Waals surface area contributed by atoms with Crippen molar-refractivity contribution in [2.45, 2.75) is 0 Å². The molecule has 3 N–H and O–H groups in total. The van der Waals surface area contributed by atoms with E-state index >= 15 is 0 Å². The minimum atomic E-state index is -2.17. The number of hydrogen-bond donors (Lipinski definition) is 3. The Balaban J connectivity index is -0.0000000450. The van der Waals surface area contributed by atoms with Crippen LogP contribution in [0.1, 0.15) is 0 Å². The Labute approximate surface area is 83.9 Å². The predicted octanol–water partition coefficient (Wildman–Crippen LogP) is -4.15. The van der Waals surface area contributed by atoms with Gasteiger partial charge in [-0.1, -0.05) is 0 Å². The molecule has 0 bridgehead atoms. The van der Waals surface area contributed by atoms with Crippen LogP contribution in [-0.4, -0.2) is 85.2 Å². The molecule has 6 heavy (non-hydrogen) atoms. The molecule has 0 heterocycles. The molecule has 3 nitrogen and oxygen atoms in total. The Morgan fingerprint density at radius 3 is 1.00 bits per heavy atom. The summed E-state index contributed by atoms with van der Waals surface area (Å²) in [6.07, 6.45) is 0. The van der Waals surface area contributed by atoms with E-state index in [0.29, 0.717) is 0 Å². The van der Waals surface area contributed by atoms with Crippen LogP contribution in [0.5, 0.6) is 0 Å². The van der Waals surface area contributed by atoms with Crippen LogP contribution in [0.4, 0.5) is 0 Å². The third-order valence-electron chi connectivity index (χ3n) is 0. The summed E-state index contributed by atoms with van der Waals surface area (Å²) in [5, 5.41) is 21.5. The Kier molecular flexibility index (Phi) is 26.2. The van der Waals surface area contributed by atoms with Crippen LogP contribution < -0.4 is 0 Å². The maximum atomic E-state index is 7.17. The molecule has 0 unspecified atom stereocenters. The molecule has 0 radical (unpaired) electrons. The fourth-order valence-electron chi connectivity index (χ4n) is 0. The third kappa shape index (κ3) is 38.2. The van der Waals surface area contributed by atoms with Gasteiger partial charge in [0.2, 0.25) is 0 Å². The third-order valence-corrected chi connectivity index (χ3v) is 0. The fraction of sp³-hybridized carbons (Fsp3) is 0. The predicted molar refractivity (Wildman–Crippen MR) is 30.9 cm³/mol. The first-order valence-electron chi connectivity index (χ1n) is 0.775. The van der Waals surface area contributed by atoms with E-state index < -0.39 is 7.32 Å². The van der Waals surface area contributed by atoms with Crippen molar-refractivity contribution < 1.29 is 15.1 Å². The molecule has 0 aromatic rings. The maximum absolute atomic E-state index is 7.17. The molecule has 0 saturated heterocycles. The van der Waals surface area contributed by atoms with E-state index in [4.69, 9.17) is 15.1 Å². The van der Waals surface area contributed by atoms with E-state index in [1.54, 1.807) is 0 Å². The molecule has 0 aliphatic rings. The SMILES string of the molecule is OB(O)O.[AlH3].[SrH2]. The monoisotopic (exact) mass is 182 g/mol. The van der Waals surface area contributed by atoms with Gasteiger partial charge in [-0.25, -0.2) is 0 Å². The Morgan fingerprint density at radius 2 is 1.00 bits per heavy atom. The summed E-state index contributed by atoms with van der Waals surface area (Å²) in [5.74, 6) is 0. The van der Waals surface area contributed by atoms with E-state index in [9.17, 15) is 0 Å². The molecule has 0 aromatic heterocycles. The summed E-state index contributed by atoms with van der Waals surface area (Å²) in [4.78, 5) is 0. The summed E-state index contributed by atoms with van der Waals surface area (Å²) in [7, 11) is -2.17. The molecule has 0 spiro atoms. The molecular weight excluding hydrogens is 173 g/mol. The van der Waals surface area contributed by atoms with Crippen LogP contribution in [0, 0.1) is 0 Å². The van der Waals surface area contributed by atoms with Crippen LogP contribution in [0.15, 0.2) is 0 Å². The zero-order valence-electron chi connectivity index (χ0n) is 1.92. The normalized spacial score (nSPS) is 4.50. The first-order chi connectivity index (χ1) is 1.73. The van der Waals surface area contributed by atoms with Gasteiger partial charge in [0.1, 0.15) is 0 Å². The quantitative estimate of drug-likeness (QED) is 0.333. The van der Waals surface area contributed by atoms with Gasteiger partial charge in [0, 0.05) is 0 Å². The van der Waals surface area contributed by atoms with E-state index in [2.05, 4.69) is 0 Å². The minimum absolute atomic E-state index is 0. The summed E-state index contributed by atoms with van der Waals surface area (Å²) < 4.78 is 0. The Hall–Kier alpha value is 1.96. The second-order valence-electron chi connectivity index (χ2n) is 0.346. The van der Waals surface area contributed by atoms with Gasteiger partial charge in [-0.15, -0.1) is 0 Å². The average Bonchev–Trinajstić information content (AvgIpc) is 0.811. The molecule has 0 saturated carbocycles. The topological polar surface area (TPSA) is 60.7 Å². The van der Waals surface area contributed by atoms with E-state index in [1.807, 2.05) is 0 Å². The zero-order chi connectivity index (χ0) is 3.58. The van der Waals surface area contributed by atoms with Crippen LogP contribution >= 0.6 is 0 Å². The van der Waals surface area contributed by atoms with Crippen molar-refractivity contribution in [1.82, 2.24) is 0 Å². The molecule has 0 rings (SSSR count). The van der Waals surface area contributed by atoms with Gasteiger partial charge < -0.3 is 15.1 Å². The van der Waals surface area contributed by atoms with Gasteiger partial charge in [-0.2, -0.15) is 0 Å².